The number of halogens is 3. The zero-order valence-corrected chi connectivity index (χ0v) is 13.3. The smallest absolute Gasteiger partial charge is 0.200 e. The second-order valence-electron chi connectivity index (χ2n) is 4.65. The molecule has 0 N–H and O–H groups in total. The molecule has 0 amide bonds. The summed E-state index contributed by atoms with van der Waals surface area (Å²) in [5.41, 5.74) is 0.0786. The highest BCUT2D eigenvalue weighted by molar-refractivity contribution is 9.10. The molecule has 0 fully saturated rings. The fraction of sp³-hybridized carbons (Fsp3) is 0.0625. The van der Waals surface area contributed by atoms with E-state index in [-0.39, 0.29) is 5.56 Å². The summed E-state index contributed by atoms with van der Waals surface area (Å²) in [6, 6.07) is 7.87. The molecule has 0 spiro atoms. The van der Waals surface area contributed by atoms with Gasteiger partial charge in [0.1, 0.15) is 11.6 Å². The van der Waals surface area contributed by atoms with Crippen molar-refractivity contribution in [3.63, 3.8) is 0 Å². The second-order valence-corrected chi connectivity index (χ2v) is 6.38. The molecule has 1 aromatic heterocycles. The van der Waals surface area contributed by atoms with Crippen LogP contribution < -0.4 is 0 Å². The van der Waals surface area contributed by atoms with E-state index >= 15 is 0 Å². The van der Waals surface area contributed by atoms with Crippen LogP contribution in [0.5, 0.6) is 0 Å². The molecule has 5 heteroatoms. The number of rotatable bonds is 2. The first-order chi connectivity index (χ1) is 10.0. The maximum Gasteiger partial charge on any atom is 0.200 e. The van der Waals surface area contributed by atoms with Gasteiger partial charge in [0.25, 0.3) is 0 Å². The fourth-order valence-corrected chi connectivity index (χ4v) is 3.80. The summed E-state index contributed by atoms with van der Waals surface area (Å²) in [7, 11) is 0. The van der Waals surface area contributed by atoms with Gasteiger partial charge in [-0.3, -0.25) is 4.79 Å². The lowest BCUT2D eigenvalue weighted by atomic mass is 10.00. The third-order valence-corrected chi connectivity index (χ3v) is 5.26. The number of hydrogen-bond donors (Lipinski definition) is 0. The fourth-order valence-electron chi connectivity index (χ4n) is 2.20. The van der Waals surface area contributed by atoms with Crippen LogP contribution in [0.2, 0.25) is 0 Å². The molecule has 0 aliphatic rings. The lowest BCUT2D eigenvalue weighted by molar-refractivity contribution is 0.103. The summed E-state index contributed by atoms with van der Waals surface area (Å²) in [5.74, 6) is -2.26. The average Bonchev–Trinajstić information content (AvgIpc) is 2.88. The van der Waals surface area contributed by atoms with E-state index in [0.29, 0.717) is 10.9 Å². The van der Waals surface area contributed by atoms with Gasteiger partial charge in [-0.15, -0.1) is 11.3 Å². The van der Waals surface area contributed by atoms with Crippen molar-refractivity contribution >= 4 is 43.1 Å². The molecule has 2 aromatic carbocycles. The van der Waals surface area contributed by atoms with Crippen LogP contribution in [0.15, 0.2) is 40.2 Å². The summed E-state index contributed by atoms with van der Waals surface area (Å²) < 4.78 is 29.7. The standard InChI is InChI=1S/C16H9BrF2OS/c1-8-5-6-12(18)13(14(8)19)15(20)10-7-21-16-9(10)3-2-4-11(16)17/h2-7H,1H3. The number of aryl methyl sites for hydroxylation is 1. The molecule has 0 aliphatic heterocycles. The van der Waals surface area contributed by atoms with Gasteiger partial charge in [0.2, 0.25) is 0 Å². The van der Waals surface area contributed by atoms with E-state index < -0.39 is 23.0 Å². The van der Waals surface area contributed by atoms with E-state index in [1.807, 2.05) is 6.07 Å². The van der Waals surface area contributed by atoms with E-state index in [9.17, 15) is 13.6 Å². The number of thiophene rings is 1. The molecule has 3 rings (SSSR count). The molecular formula is C16H9BrF2OS. The normalized spacial score (nSPS) is 11.0. The van der Waals surface area contributed by atoms with Crippen molar-refractivity contribution in [3.05, 3.63) is 68.5 Å². The van der Waals surface area contributed by atoms with Crippen LogP contribution >= 0.6 is 27.3 Å². The summed E-state index contributed by atoms with van der Waals surface area (Å²) in [5, 5.41) is 2.33. The van der Waals surface area contributed by atoms with Gasteiger partial charge < -0.3 is 0 Å². The van der Waals surface area contributed by atoms with Gasteiger partial charge in [-0.1, -0.05) is 18.2 Å². The summed E-state index contributed by atoms with van der Waals surface area (Å²) >= 11 is 4.77. The SMILES string of the molecule is Cc1ccc(F)c(C(=O)c2csc3c(Br)cccc23)c1F. The van der Waals surface area contributed by atoms with Gasteiger partial charge >= 0.3 is 0 Å². The lowest BCUT2D eigenvalue weighted by Crippen LogP contribution is -2.08. The van der Waals surface area contributed by atoms with Gasteiger partial charge in [0.05, 0.1) is 5.56 Å². The maximum absolute atomic E-state index is 14.1. The topological polar surface area (TPSA) is 17.1 Å². The number of ketones is 1. The number of hydrogen-bond acceptors (Lipinski definition) is 2. The van der Waals surface area contributed by atoms with Gasteiger partial charge in [-0.2, -0.15) is 0 Å². The molecule has 0 atom stereocenters. The van der Waals surface area contributed by atoms with Crippen molar-refractivity contribution in [1.82, 2.24) is 0 Å². The predicted octanol–water partition coefficient (Wildman–Crippen LogP) is 5.48. The Morgan fingerprint density at radius 1 is 1.19 bits per heavy atom. The molecule has 0 saturated carbocycles. The minimum absolute atomic E-state index is 0.250. The Bertz CT molecular complexity index is 870. The molecule has 106 valence electrons. The maximum atomic E-state index is 14.1. The van der Waals surface area contributed by atoms with Gasteiger partial charge in [0.15, 0.2) is 5.78 Å². The first kappa shape index (κ1) is 14.4. The summed E-state index contributed by atoms with van der Waals surface area (Å²) in [6.45, 7) is 1.51. The number of fused-ring (bicyclic) bond motifs is 1. The van der Waals surface area contributed by atoms with Crippen LogP contribution in [0, 0.1) is 18.6 Å². The van der Waals surface area contributed by atoms with E-state index in [0.717, 1.165) is 15.2 Å². The van der Waals surface area contributed by atoms with Crippen LogP contribution in [0.4, 0.5) is 8.78 Å². The van der Waals surface area contributed by atoms with Crippen molar-refractivity contribution in [2.45, 2.75) is 6.92 Å². The minimum Gasteiger partial charge on any atom is -0.288 e. The Morgan fingerprint density at radius 2 is 1.95 bits per heavy atom. The second kappa shape index (κ2) is 5.31. The Morgan fingerprint density at radius 3 is 2.71 bits per heavy atom. The van der Waals surface area contributed by atoms with Gasteiger partial charge in [-0.05, 0) is 40.5 Å². The third-order valence-electron chi connectivity index (χ3n) is 3.31. The van der Waals surface area contributed by atoms with Crippen LogP contribution in [0.1, 0.15) is 21.5 Å². The quantitative estimate of drug-likeness (QED) is 0.548. The van der Waals surface area contributed by atoms with Crippen molar-refractivity contribution in [2.24, 2.45) is 0 Å². The monoisotopic (exact) mass is 366 g/mol. The first-order valence-electron chi connectivity index (χ1n) is 6.15. The van der Waals surface area contributed by atoms with E-state index in [1.54, 1.807) is 17.5 Å². The highest BCUT2D eigenvalue weighted by Crippen LogP contribution is 2.34. The minimum atomic E-state index is -0.836. The molecular weight excluding hydrogens is 358 g/mol. The largest absolute Gasteiger partial charge is 0.288 e. The lowest BCUT2D eigenvalue weighted by Gasteiger charge is -2.06. The molecule has 0 saturated heterocycles. The molecule has 21 heavy (non-hydrogen) atoms. The Labute approximate surface area is 132 Å². The van der Waals surface area contributed by atoms with E-state index in [4.69, 9.17) is 0 Å². The van der Waals surface area contributed by atoms with Crippen LogP contribution in [0.3, 0.4) is 0 Å². The molecule has 3 aromatic rings. The number of carbonyl (C=O) groups excluding carboxylic acids is 1. The molecule has 1 nitrogen and oxygen atoms in total. The molecule has 0 radical (unpaired) electrons. The predicted molar refractivity (Wildman–Crippen MR) is 84.1 cm³/mol. The van der Waals surface area contributed by atoms with E-state index in [1.165, 1.54) is 24.3 Å². The van der Waals surface area contributed by atoms with Crippen LogP contribution in [-0.4, -0.2) is 5.78 Å². The van der Waals surface area contributed by atoms with Crippen molar-refractivity contribution < 1.29 is 13.6 Å². The molecule has 0 aliphatic carbocycles. The molecule has 0 unspecified atom stereocenters. The Kier molecular flexibility index (Phi) is 3.63. The van der Waals surface area contributed by atoms with Crippen molar-refractivity contribution in [2.75, 3.05) is 0 Å². The van der Waals surface area contributed by atoms with Crippen LogP contribution in [0.25, 0.3) is 10.1 Å². The first-order valence-corrected chi connectivity index (χ1v) is 7.83. The summed E-state index contributed by atoms with van der Waals surface area (Å²) in [6.07, 6.45) is 0. The highest BCUT2D eigenvalue weighted by Gasteiger charge is 2.23. The van der Waals surface area contributed by atoms with Crippen molar-refractivity contribution in [3.8, 4) is 0 Å². The number of benzene rings is 2. The van der Waals surface area contributed by atoms with Gasteiger partial charge in [0, 0.05) is 25.5 Å². The molecule has 0 bridgehead atoms. The van der Waals surface area contributed by atoms with Gasteiger partial charge in [-0.25, -0.2) is 8.78 Å². The number of carbonyl (C=O) groups is 1. The van der Waals surface area contributed by atoms with Crippen LogP contribution in [-0.2, 0) is 0 Å². The highest BCUT2D eigenvalue weighted by atomic mass is 79.9. The Balaban J connectivity index is 2.23. The zero-order valence-electron chi connectivity index (χ0n) is 10.9. The summed E-state index contributed by atoms with van der Waals surface area (Å²) in [4.78, 5) is 12.5. The van der Waals surface area contributed by atoms with E-state index in [2.05, 4.69) is 15.9 Å². The zero-order chi connectivity index (χ0) is 15.1. The average molecular weight is 367 g/mol. The third kappa shape index (κ3) is 2.30. The van der Waals surface area contributed by atoms with Crippen molar-refractivity contribution in [1.29, 1.82) is 0 Å². The molecule has 1 heterocycles. The Hall–Kier alpha value is -1.59.